The van der Waals surface area contributed by atoms with E-state index >= 15 is 0 Å². The van der Waals surface area contributed by atoms with Gasteiger partial charge in [-0.25, -0.2) is 4.98 Å². The lowest BCUT2D eigenvalue weighted by atomic mass is 10.2. The Hall–Kier alpha value is -1.89. The number of carbonyl (C=O) groups is 1. The van der Waals surface area contributed by atoms with Crippen LogP contribution in [-0.4, -0.2) is 51.3 Å². The van der Waals surface area contributed by atoms with Crippen molar-refractivity contribution >= 4 is 34.5 Å². The second kappa shape index (κ2) is 6.78. The molecule has 5 nitrogen and oxygen atoms in total. The van der Waals surface area contributed by atoms with E-state index in [4.69, 9.17) is 11.6 Å². The summed E-state index contributed by atoms with van der Waals surface area (Å²) in [5.41, 5.74) is 1.93. The van der Waals surface area contributed by atoms with Gasteiger partial charge in [-0.05, 0) is 31.2 Å². The van der Waals surface area contributed by atoms with Crippen LogP contribution in [0.25, 0.3) is 5.65 Å². The first-order chi connectivity index (χ1) is 12.1. The number of imidazole rings is 1. The number of fused-ring (bicyclic) bond motifs is 1. The summed E-state index contributed by atoms with van der Waals surface area (Å²) in [4.78, 5) is 23.5. The Kier molecular flexibility index (Phi) is 4.50. The minimum Gasteiger partial charge on any atom is -0.335 e. The SMILES string of the molecule is Cc1ccc(C(=O)N2CCN(Cc3cn4cc(Cl)ccc4n3)CC2)s1. The summed E-state index contributed by atoms with van der Waals surface area (Å²) in [5, 5.41) is 0.701. The molecular weight excluding hydrogens is 356 g/mol. The van der Waals surface area contributed by atoms with E-state index in [-0.39, 0.29) is 5.91 Å². The Morgan fingerprint density at radius 2 is 1.96 bits per heavy atom. The lowest BCUT2D eigenvalue weighted by Crippen LogP contribution is -2.48. The van der Waals surface area contributed by atoms with Gasteiger partial charge < -0.3 is 9.30 Å². The molecule has 7 heteroatoms. The highest BCUT2D eigenvalue weighted by atomic mass is 35.5. The Bertz CT molecular complexity index is 911. The standard InChI is InChI=1S/C18H19ClN4OS/c1-13-2-4-16(25-13)18(24)22-8-6-21(7-9-22)11-15-12-23-10-14(19)3-5-17(23)20-15/h2-5,10,12H,6-9,11H2,1H3. The monoisotopic (exact) mass is 374 g/mol. The first-order valence-electron chi connectivity index (χ1n) is 8.30. The van der Waals surface area contributed by atoms with Crippen LogP contribution in [-0.2, 0) is 6.54 Å². The number of pyridine rings is 1. The molecule has 4 rings (SSSR count). The molecule has 0 bridgehead atoms. The van der Waals surface area contributed by atoms with E-state index in [1.54, 1.807) is 11.3 Å². The van der Waals surface area contributed by atoms with Crippen LogP contribution in [0.15, 0.2) is 36.7 Å². The smallest absolute Gasteiger partial charge is 0.264 e. The number of carbonyl (C=O) groups excluding carboxylic acids is 1. The normalized spacial score (nSPS) is 15.8. The summed E-state index contributed by atoms with van der Waals surface area (Å²) in [7, 11) is 0. The number of rotatable bonds is 3. The number of nitrogens with zero attached hydrogens (tertiary/aromatic N) is 4. The van der Waals surface area contributed by atoms with Crippen LogP contribution in [0.1, 0.15) is 20.2 Å². The van der Waals surface area contributed by atoms with Gasteiger partial charge in [0.15, 0.2) is 0 Å². The zero-order chi connectivity index (χ0) is 17.4. The van der Waals surface area contributed by atoms with Gasteiger partial charge >= 0.3 is 0 Å². The van der Waals surface area contributed by atoms with Crippen LogP contribution in [0.2, 0.25) is 5.02 Å². The summed E-state index contributed by atoms with van der Waals surface area (Å²) < 4.78 is 1.95. The third-order valence-electron chi connectivity index (χ3n) is 4.46. The predicted octanol–water partition coefficient (Wildman–Crippen LogP) is 3.32. The topological polar surface area (TPSA) is 40.9 Å². The van der Waals surface area contributed by atoms with E-state index in [1.165, 1.54) is 4.88 Å². The van der Waals surface area contributed by atoms with Gasteiger partial charge in [-0.15, -0.1) is 11.3 Å². The molecule has 130 valence electrons. The van der Waals surface area contributed by atoms with Crippen molar-refractivity contribution in [3.8, 4) is 0 Å². The number of thiophene rings is 1. The number of aromatic nitrogens is 2. The minimum absolute atomic E-state index is 0.153. The second-order valence-electron chi connectivity index (χ2n) is 6.32. The molecule has 3 aromatic heterocycles. The highest BCUT2D eigenvalue weighted by Gasteiger charge is 2.23. The van der Waals surface area contributed by atoms with Gasteiger partial charge in [-0.3, -0.25) is 9.69 Å². The summed E-state index contributed by atoms with van der Waals surface area (Å²) >= 11 is 7.59. The van der Waals surface area contributed by atoms with Gasteiger partial charge in [0, 0.05) is 50.0 Å². The summed E-state index contributed by atoms with van der Waals surface area (Å²) in [6.07, 6.45) is 3.89. The van der Waals surface area contributed by atoms with E-state index in [0.717, 1.165) is 48.9 Å². The Balaban J connectivity index is 1.37. The fourth-order valence-corrected chi connectivity index (χ4v) is 4.14. The molecule has 0 aromatic carbocycles. The molecule has 0 aliphatic carbocycles. The van der Waals surface area contributed by atoms with Crippen LogP contribution >= 0.6 is 22.9 Å². The largest absolute Gasteiger partial charge is 0.335 e. The molecule has 1 fully saturated rings. The average Bonchev–Trinajstić information content (AvgIpc) is 3.20. The molecule has 0 atom stereocenters. The van der Waals surface area contributed by atoms with E-state index in [9.17, 15) is 4.79 Å². The van der Waals surface area contributed by atoms with Gasteiger partial charge in [-0.1, -0.05) is 11.6 Å². The highest BCUT2D eigenvalue weighted by Crippen LogP contribution is 2.19. The fraction of sp³-hybridized carbons (Fsp3) is 0.333. The summed E-state index contributed by atoms with van der Waals surface area (Å²) in [5.74, 6) is 0.153. The molecule has 1 saturated heterocycles. The fourth-order valence-electron chi connectivity index (χ4n) is 3.14. The first kappa shape index (κ1) is 16.6. The first-order valence-corrected chi connectivity index (χ1v) is 9.49. The number of halogens is 1. The van der Waals surface area contributed by atoms with Crippen molar-refractivity contribution in [1.82, 2.24) is 19.2 Å². The second-order valence-corrected chi connectivity index (χ2v) is 8.05. The van der Waals surface area contributed by atoms with Crippen LogP contribution < -0.4 is 0 Å². The zero-order valence-electron chi connectivity index (χ0n) is 14.0. The number of hydrogen-bond donors (Lipinski definition) is 0. The Morgan fingerprint density at radius 3 is 2.68 bits per heavy atom. The highest BCUT2D eigenvalue weighted by molar-refractivity contribution is 7.13. The molecule has 1 aliphatic heterocycles. The number of amides is 1. The Morgan fingerprint density at radius 1 is 1.16 bits per heavy atom. The van der Waals surface area contributed by atoms with E-state index in [1.807, 2.05) is 52.9 Å². The van der Waals surface area contributed by atoms with Crippen molar-refractivity contribution in [2.24, 2.45) is 0 Å². The van der Waals surface area contributed by atoms with Crippen LogP contribution in [0.3, 0.4) is 0 Å². The van der Waals surface area contributed by atoms with Crippen LogP contribution in [0.4, 0.5) is 0 Å². The van der Waals surface area contributed by atoms with Crippen molar-refractivity contribution in [2.45, 2.75) is 13.5 Å². The summed E-state index contributed by atoms with van der Waals surface area (Å²) in [6, 6.07) is 7.70. The quantitative estimate of drug-likeness (QED) is 0.706. The van der Waals surface area contributed by atoms with Gasteiger partial charge in [0.25, 0.3) is 5.91 Å². The molecule has 1 amide bonds. The molecule has 0 saturated carbocycles. The maximum Gasteiger partial charge on any atom is 0.264 e. The third-order valence-corrected chi connectivity index (χ3v) is 5.67. The van der Waals surface area contributed by atoms with E-state index < -0.39 is 0 Å². The molecule has 0 N–H and O–H groups in total. The molecule has 0 spiro atoms. The molecule has 4 heterocycles. The van der Waals surface area contributed by atoms with Gasteiger partial charge in [-0.2, -0.15) is 0 Å². The van der Waals surface area contributed by atoms with Crippen molar-refractivity contribution in [1.29, 1.82) is 0 Å². The molecule has 0 radical (unpaired) electrons. The van der Waals surface area contributed by atoms with Gasteiger partial charge in [0.05, 0.1) is 15.6 Å². The summed E-state index contributed by atoms with van der Waals surface area (Å²) in [6.45, 7) is 6.07. The third kappa shape index (κ3) is 3.56. The number of aryl methyl sites for hydroxylation is 1. The predicted molar refractivity (Wildman–Crippen MR) is 100 cm³/mol. The van der Waals surface area contributed by atoms with Gasteiger partial charge in [0.1, 0.15) is 5.65 Å². The Labute approximate surface area is 155 Å². The molecule has 3 aromatic rings. The van der Waals surface area contributed by atoms with Crippen molar-refractivity contribution in [2.75, 3.05) is 26.2 Å². The van der Waals surface area contributed by atoms with Crippen LogP contribution in [0, 0.1) is 6.92 Å². The lowest BCUT2D eigenvalue weighted by molar-refractivity contribution is 0.0632. The minimum atomic E-state index is 0.153. The van der Waals surface area contributed by atoms with Crippen LogP contribution in [0.5, 0.6) is 0 Å². The average molecular weight is 375 g/mol. The number of piperazine rings is 1. The van der Waals surface area contributed by atoms with E-state index in [2.05, 4.69) is 9.88 Å². The van der Waals surface area contributed by atoms with Gasteiger partial charge in [0.2, 0.25) is 0 Å². The zero-order valence-corrected chi connectivity index (χ0v) is 15.6. The molecular formula is C18H19ClN4OS. The van der Waals surface area contributed by atoms with Crippen molar-refractivity contribution in [3.63, 3.8) is 0 Å². The van der Waals surface area contributed by atoms with Crippen molar-refractivity contribution < 1.29 is 4.79 Å². The lowest BCUT2D eigenvalue weighted by Gasteiger charge is -2.34. The van der Waals surface area contributed by atoms with Crippen molar-refractivity contribution in [3.05, 3.63) is 57.1 Å². The maximum atomic E-state index is 12.5. The number of hydrogen-bond acceptors (Lipinski definition) is 4. The molecule has 25 heavy (non-hydrogen) atoms. The molecule has 0 unspecified atom stereocenters. The maximum absolute atomic E-state index is 12.5. The van der Waals surface area contributed by atoms with E-state index in [0.29, 0.717) is 5.02 Å². The molecule has 1 aliphatic rings.